The summed E-state index contributed by atoms with van der Waals surface area (Å²) in [5, 5.41) is 23.7. The molecular formula is C25H24N6O5. The van der Waals surface area contributed by atoms with Crippen molar-refractivity contribution >= 4 is 34.0 Å². The second-order valence-electron chi connectivity index (χ2n) is 8.36. The van der Waals surface area contributed by atoms with E-state index < -0.39 is 10.8 Å². The van der Waals surface area contributed by atoms with E-state index in [2.05, 4.69) is 15.5 Å². The Morgan fingerprint density at radius 1 is 1.06 bits per heavy atom. The van der Waals surface area contributed by atoms with Crippen LogP contribution < -0.4 is 15.0 Å². The molecule has 1 N–H and O–H groups in total. The number of benzene rings is 3. The summed E-state index contributed by atoms with van der Waals surface area (Å²) < 4.78 is 10.5. The molecule has 0 unspecified atom stereocenters. The number of aryl methyl sites for hydroxylation is 1. The largest absolute Gasteiger partial charge is 0.497 e. The number of anilines is 2. The molecule has 11 heteroatoms. The van der Waals surface area contributed by atoms with E-state index in [-0.39, 0.29) is 11.3 Å². The molecule has 1 aliphatic heterocycles. The van der Waals surface area contributed by atoms with Crippen LogP contribution in [0.1, 0.15) is 15.9 Å². The van der Waals surface area contributed by atoms with Crippen LogP contribution >= 0.6 is 0 Å². The van der Waals surface area contributed by atoms with E-state index in [1.54, 1.807) is 25.3 Å². The average Bonchev–Trinajstić information content (AvgIpc) is 3.31. The van der Waals surface area contributed by atoms with Crippen LogP contribution in [0.4, 0.5) is 17.1 Å². The van der Waals surface area contributed by atoms with Crippen LogP contribution in [-0.2, 0) is 4.74 Å². The number of nitrogens with zero attached hydrogens (tertiary/aromatic N) is 5. The van der Waals surface area contributed by atoms with Crippen molar-refractivity contribution in [3.63, 3.8) is 0 Å². The number of carbonyl (C=O) groups is 1. The highest BCUT2D eigenvalue weighted by molar-refractivity contribution is 6.06. The summed E-state index contributed by atoms with van der Waals surface area (Å²) in [5.41, 5.74) is 3.94. The van der Waals surface area contributed by atoms with Gasteiger partial charge in [0.25, 0.3) is 11.6 Å². The highest BCUT2D eigenvalue weighted by Gasteiger charge is 2.23. The van der Waals surface area contributed by atoms with E-state index in [9.17, 15) is 14.9 Å². The lowest BCUT2D eigenvalue weighted by Crippen LogP contribution is -2.36. The third-order valence-electron chi connectivity index (χ3n) is 6.06. The Labute approximate surface area is 206 Å². The van der Waals surface area contributed by atoms with E-state index in [4.69, 9.17) is 9.47 Å². The molecule has 1 aromatic heterocycles. The molecule has 1 saturated heterocycles. The summed E-state index contributed by atoms with van der Waals surface area (Å²) in [6.45, 7) is 3.98. The van der Waals surface area contributed by atoms with E-state index in [1.165, 1.54) is 10.9 Å². The van der Waals surface area contributed by atoms with Gasteiger partial charge in [0, 0.05) is 30.4 Å². The first-order valence-corrected chi connectivity index (χ1v) is 11.4. The highest BCUT2D eigenvalue weighted by Crippen LogP contribution is 2.31. The lowest BCUT2D eigenvalue weighted by atomic mass is 10.1. The Bertz CT molecular complexity index is 1440. The molecule has 0 bridgehead atoms. The van der Waals surface area contributed by atoms with Crippen molar-refractivity contribution in [1.82, 2.24) is 15.0 Å². The Balaban J connectivity index is 1.40. The van der Waals surface area contributed by atoms with Crippen LogP contribution in [-0.4, -0.2) is 59.2 Å². The summed E-state index contributed by atoms with van der Waals surface area (Å²) >= 11 is 0. The summed E-state index contributed by atoms with van der Waals surface area (Å²) in [6, 6.07) is 15.5. The molecule has 4 aromatic rings. The number of rotatable bonds is 6. The van der Waals surface area contributed by atoms with Crippen LogP contribution in [0, 0.1) is 17.0 Å². The molecule has 0 spiro atoms. The van der Waals surface area contributed by atoms with Gasteiger partial charge in [-0.3, -0.25) is 14.9 Å². The summed E-state index contributed by atoms with van der Waals surface area (Å²) in [4.78, 5) is 27.7. The van der Waals surface area contributed by atoms with Gasteiger partial charge < -0.3 is 19.7 Å². The van der Waals surface area contributed by atoms with Gasteiger partial charge in [0.1, 0.15) is 22.5 Å². The summed E-state index contributed by atoms with van der Waals surface area (Å²) in [7, 11) is 1.60. The minimum absolute atomic E-state index is 0.112. The third-order valence-corrected chi connectivity index (χ3v) is 6.06. The molecule has 0 radical (unpaired) electrons. The number of carbonyl (C=O) groups excluding carboxylic acids is 1. The van der Waals surface area contributed by atoms with E-state index in [1.807, 2.05) is 42.2 Å². The van der Waals surface area contributed by atoms with Crippen molar-refractivity contribution < 1.29 is 19.2 Å². The second-order valence-corrected chi connectivity index (χ2v) is 8.36. The Morgan fingerprint density at radius 3 is 2.42 bits per heavy atom. The SMILES string of the molecule is COc1ccc(-n2nc3cc(C)c(NC(=O)c4ccc(N5CCOCC5)c([N+](=O)[O-])c4)cc3n2)cc1. The predicted octanol–water partition coefficient (Wildman–Crippen LogP) is 3.73. The Hall–Kier alpha value is -4.51. The van der Waals surface area contributed by atoms with Gasteiger partial charge in [-0.1, -0.05) is 0 Å². The third kappa shape index (κ3) is 4.56. The Kier molecular flexibility index (Phi) is 6.21. The zero-order valence-corrected chi connectivity index (χ0v) is 19.8. The zero-order chi connectivity index (χ0) is 25.2. The number of amides is 1. The molecule has 0 atom stereocenters. The Morgan fingerprint density at radius 2 is 1.75 bits per heavy atom. The minimum atomic E-state index is -0.462. The fourth-order valence-electron chi connectivity index (χ4n) is 4.11. The smallest absolute Gasteiger partial charge is 0.293 e. The molecule has 1 aliphatic rings. The topological polar surface area (TPSA) is 125 Å². The number of morpholine rings is 1. The lowest BCUT2D eigenvalue weighted by molar-refractivity contribution is -0.384. The van der Waals surface area contributed by atoms with E-state index >= 15 is 0 Å². The first kappa shape index (κ1) is 23.2. The molecule has 5 rings (SSSR count). The fraction of sp³-hybridized carbons (Fsp3) is 0.240. The zero-order valence-electron chi connectivity index (χ0n) is 19.8. The predicted molar refractivity (Wildman–Crippen MR) is 134 cm³/mol. The molecule has 1 fully saturated rings. The van der Waals surface area contributed by atoms with E-state index in [0.717, 1.165) is 17.0 Å². The minimum Gasteiger partial charge on any atom is -0.497 e. The maximum absolute atomic E-state index is 13.0. The first-order chi connectivity index (χ1) is 17.4. The van der Waals surface area contributed by atoms with E-state index in [0.29, 0.717) is 48.7 Å². The maximum atomic E-state index is 13.0. The number of methoxy groups -OCH3 is 1. The van der Waals surface area contributed by atoms with Crippen molar-refractivity contribution in [2.24, 2.45) is 0 Å². The average molecular weight is 489 g/mol. The second kappa shape index (κ2) is 9.62. The van der Waals surface area contributed by atoms with Crippen LogP contribution in [0.2, 0.25) is 0 Å². The number of nitro benzene ring substituents is 1. The number of nitro groups is 1. The number of aromatic nitrogens is 3. The van der Waals surface area contributed by atoms with Gasteiger partial charge in [0.05, 0.1) is 30.9 Å². The molecule has 36 heavy (non-hydrogen) atoms. The molecule has 2 heterocycles. The number of nitrogens with one attached hydrogen (secondary N) is 1. The monoisotopic (exact) mass is 488 g/mol. The molecule has 1 amide bonds. The normalized spacial score (nSPS) is 13.6. The van der Waals surface area contributed by atoms with Gasteiger partial charge in [0.15, 0.2) is 0 Å². The van der Waals surface area contributed by atoms with Gasteiger partial charge >= 0.3 is 0 Å². The van der Waals surface area contributed by atoms with Gasteiger partial charge in [-0.15, -0.1) is 10.2 Å². The number of ether oxygens (including phenoxy) is 2. The van der Waals surface area contributed by atoms with Gasteiger partial charge in [-0.05, 0) is 61.0 Å². The van der Waals surface area contributed by atoms with Crippen molar-refractivity contribution in [2.75, 3.05) is 43.6 Å². The molecule has 0 saturated carbocycles. The number of fused-ring (bicyclic) bond motifs is 1. The standard InChI is InChI=1S/C25H24N6O5/c1-16-13-21-22(28-30(27-21)18-4-6-19(35-2)7-5-18)15-20(16)26-25(32)17-3-8-23(24(14-17)31(33)34)29-9-11-36-12-10-29/h3-8,13-15H,9-12H2,1-2H3,(H,26,32). The molecule has 184 valence electrons. The van der Waals surface area contributed by atoms with Crippen LogP contribution in [0.25, 0.3) is 16.7 Å². The maximum Gasteiger partial charge on any atom is 0.293 e. The number of hydrogen-bond donors (Lipinski definition) is 1. The van der Waals surface area contributed by atoms with Crippen LogP contribution in [0.5, 0.6) is 5.75 Å². The molecule has 0 aliphatic carbocycles. The summed E-state index contributed by atoms with van der Waals surface area (Å²) in [5.74, 6) is 0.283. The van der Waals surface area contributed by atoms with Gasteiger partial charge in [-0.25, -0.2) is 0 Å². The molecule has 11 nitrogen and oxygen atoms in total. The summed E-state index contributed by atoms with van der Waals surface area (Å²) in [6.07, 6.45) is 0. The fourth-order valence-corrected chi connectivity index (χ4v) is 4.11. The van der Waals surface area contributed by atoms with Gasteiger partial charge in [0.2, 0.25) is 0 Å². The molecular weight excluding hydrogens is 464 g/mol. The number of hydrogen-bond acceptors (Lipinski definition) is 8. The highest BCUT2D eigenvalue weighted by atomic mass is 16.6. The van der Waals surface area contributed by atoms with Crippen molar-refractivity contribution in [3.05, 3.63) is 75.8 Å². The lowest BCUT2D eigenvalue weighted by Gasteiger charge is -2.28. The first-order valence-electron chi connectivity index (χ1n) is 11.4. The van der Waals surface area contributed by atoms with Crippen LogP contribution in [0.15, 0.2) is 54.6 Å². The van der Waals surface area contributed by atoms with Gasteiger partial charge in [-0.2, -0.15) is 4.80 Å². The van der Waals surface area contributed by atoms with Crippen LogP contribution in [0.3, 0.4) is 0 Å². The van der Waals surface area contributed by atoms with Crippen molar-refractivity contribution in [3.8, 4) is 11.4 Å². The van der Waals surface area contributed by atoms with Crippen molar-refractivity contribution in [1.29, 1.82) is 0 Å². The quantitative estimate of drug-likeness (QED) is 0.322. The molecule has 3 aromatic carbocycles. The van der Waals surface area contributed by atoms with Crippen molar-refractivity contribution in [2.45, 2.75) is 6.92 Å².